The van der Waals surface area contributed by atoms with Gasteiger partial charge in [-0.05, 0) is 43.1 Å². The molecule has 4 aromatic rings. The number of hydrogen-bond donors (Lipinski definition) is 2. The molecule has 0 spiro atoms. The molecule has 0 amide bonds. The number of benzene rings is 1. The van der Waals surface area contributed by atoms with Gasteiger partial charge in [-0.25, -0.2) is 24.0 Å². The van der Waals surface area contributed by atoms with Crippen molar-refractivity contribution < 1.29 is 8.82 Å². The fourth-order valence-corrected chi connectivity index (χ4v) is 5.88. The molecule has 0 unspecified atom stereocenters. The molecule has 1 aromatic carbocycles. The van der Waals surface area contributed by atoms with Crippen LogP contribution in [-0.4, -0.2) is 45.2 Å². The molecule has 1 aliphatic carbocycles. The van der Waals surface area contributed by atoms with Crippen LogP contribution >= 0.6 is 11.6 Å². The minimum absolute atomic E-state index is 0.0627. The maximum Gasteiger partial charge on any atom is 0.192 e. The summed E-state index contributed by atoms with van der Waals surface area (Å²) in [6, 6.07) is 8.29. The van der Waals surface area contributed by atoms with Gasteiger partial charge in [0, 0.05) is 35.9 Å². The van der Waals surface area contributed by atoms with Crippen LogP contribution in [0.3, 0.4) is 0 Å². The number of anilines is 3. The van der Waals surface area contributed by atoms with Crippen molar-refractivity contribution in [3.63, 3.8) is 0 Å². The summed E-state index contributed by atoms with van der Waals surface area (Å²) >= 11 is 6.30. The molecule has 0 saturated heterocycles. The molecule has 9 nitrogen and oxygen atoms in total. The SMILES string of the molecule is CC(C)(C)[Si](C)(C)O[C@H]1C[C@H](Nc2cc(Nc3cc4c(cn3)cnn4-c3c(F)cc(C#N)cc3Cl)ncn2)C1. The number of nitrogens with zero attached hydrogens (tertiary/aromatic N) is 6. The van der Waals surface area contributed by atoms with Gasteiger partial charge in [0.25, 0.3) is 0 Å². The number of hydrogen-bond acceptors (Lipinski definition) is 8. The predicted octanol–water partition coefficient (Wildman–Crippen LogP) is 6.58. The van der Waals surface area contributed by atoms with Crippen LogP contribution in [0.15, 0.2) is 43.0 Å². The van der Waals surface area contributed by atoms with Crippen LogP contribution in [0.25, 0.3) is 16.6 Å². The summed E-state index contributed by atoms with van der Waals surface area (Å²) < 4.78 is 22.7. The van der Waals surface area contributed by atoms with Gasteiger partial charge in [0.05, 0.1) is 28.4 Å². The van der Waals surface area contributed by atoms with E-state index in [2.05, 4.69) is 64.5 Å². The van der Waals surface area contributed by atoms with Crippen LogP contribution < -0.4 is 10.6 Å². The normalized spacial score (nSPS) is 17.5. The Bertz CT molecular complexity index is 1550. The summed E-state index contributed by atoms with van der Waals surface area (Å²) in [7, 11) is -1.78. The Morgan fingerprint density at radius 1 is 1.08 bits per heavy atom. The van der Waals surface area contributed by atoms with Crippen LogP contribution in [0.5, 0.6) is 0 Å². The van der Waals surface area contributed by atoms with Crippen molar-refractivity contribution in [2.45, 2.75) is 63.9 Å². The average Bonchev–Trinajstić information content (AvgIpc) is 3.24. The number of rotatable bonds is 7. The van der Waals surface area contributed by atoms with Gasteiger partial charge < -0.3 is 15.1 Å². The Morgan fingerprint density at radius 3 is 2.49 bits per heavy atom. The van der Waals surface area contributed by atoms with E-state index in [0.717, 1.165) is 18.9 Å². The number of nitriles is 1. The van der Waals surface area contributed by atoms with E-state index < -0.39 is 14.1 Å². The lowest BCUT2D eigenvalue weighted by Crippen LogP contribution is -2.50. The van der Waals surface area contributed by atoms with Crippen LogP contribution in [-0.2, 0) is 4.43 Å². The third-order valence-electron chi connectivity index (χ3n) is 7.45. The molecular weight excluding hydrogens is 535 g/mol. The van der Waals surface area contributed by atoms with E-state index in [0.29, 0.717) is 34.4 Å². The average molecular weight is 565 g/mol. The molecule has 3 aromatic heterocycles. The number of nitrogens with one attached hydrogen (secondary N) is 2. The molecule has 0 aliphatic heterocycles. The Hall–Kier alpha value is -3.59. The summed E-state index contributed by atoms with van der Waals surface area (Å²) in [5, 5.41) is 21.0. The minimum atomic E-state index is -1.78. The zero-order chi connectivity index (χ0) is 27.9. The summed E-state index contributed by atoms with van der Waals surface area (Å²) in [5.41, 5.74) is 0.788. The van der Waals surface area contributed by atoms with Crippen LogP contribution in [0.2, 0.25) is 23.2 Å². The highest BCUT2D eigenvalue weighted by molar-refractivity contribution is 6.74. The smallest absolute Gasteiger partial charge is 0.192 e. The van der Waals surface area contributed by atoms with Crippen molar-refractivity contribution in [3.05, 3.63) is 59.4 Å². The van der Waals surface area contributed by atoms with Crippen molar-refractivity contribution >= 4 is 48.3 Å². The number of fused-ring (bicyclic) bond motifs is 1. The lowest BCUT2D eigenvalue weighted by Gasteiger charge is -2.45. The van der Waals surface area contributed by atoms with Gasteiger partial charge in [-0.2, -0.15) is 10.4 Å². The van der Waals surface area contributed by atoms with E-state index in [1.54, 1.807) is 18.5 Å². The van der Waals surface area contributed by atoms with Crippen molar-refractivity contribution in [1.82, 2.24) is 24.7 Å². The summed E-state index contributed by atoms with van der Waals surface area (Å²) in [5.74, 6) is 1.11. The first-order valence-electron chi connectivity index (χ1n) is 12.7. The summed E-state index contributed by atoms with van der Waals surface area (Å²) in [6.45, 7) is 11.3. The van der Waals surface area contributed by atoms with E-state index in [1.165, 1.54) is 17.1 Å². The minimum Gasteiger partial charge on any atom is -0.414 e. The fourth-order valence-electron chi connectivity index (χ4n) is 4.22. The van der Waals surface area contributed by atoms with Gasteiger partial charge in [-0.15, -0.1) is 0 Å². The van der Waals surface area contributed by atoms with Gasteiger partial charge >= 0.3 is 0 Å². The molecule has 5 rings (SSSR count). The molecule has 39 heavy (non-hydrogen) atoms. The van der Waals surface area contributed by atoms with E-state index in [1.807, 2.05) is 12.1 Å². The quantitative estimate of drug-likeness (QED) is 0.242. The molecule has 3 heterocycles. The second-order valence-electron chi connectivity index (χ2n) is 11.3. The Kier molecular flexibility index (Phi) is 7.05. The van der Waals surface area contributed by atoms with Gasteiger partial charge in [0.15, 0.2) is 14.1 Å². The zero-order valence-corrected chi connectivity index (χ0v) is 24.2. The van der Waals surface area contributed by atoms with Gasteiger partial charge in [-0.3, -0.25) is 0 Å². The lowest BCUT2D eigenvalue weighted by atomic mass is 9.89. The molecule has 0 radical (unpaired) electrons. The first kappa shape index (κ1) is 27.0. The van der Waals surface area contributed by atoms with E-state index in [4.69, 9.17) is 21.3 Å². The third-order valence-corrected chi connectivity index (χ3v) is 12.3. The van der Waals surface area contributed by atoms with E-state index in [-0.39, 0.29) is 27.4 Å². The third kappa shape index (κ3) is 5.59. The highest BCUT2D eigenvalue weighted by atomic mass is 35.5. The molecule has 0 bridgehead atoms. The first-order valence-corrected chi connectivity index (χ1v) is 16.0. The lowest BCUT2D eigenvalue weighted by molar-refractivity contribution is 0.0928. The van der Waals surface area contributed by atoms with Crippen molar-refractivity contribution in [3.8, 4) is 11.8 Å². The van der Waals surface area contributed by atoms with E-state index >= 15 is 0 Å². The molecule has 12 heteroatoms. The highest BCUT2D eigenvalue weighted by Gasteiger charge is 2.42. The predicted molar refractivity (Wildman–Crippen MR) is 153 cm³/mol. The Balaban J connectivity index is 1.28. The topological polar surface area (TPSA) is 114 Å². The van der Waals surface area contributed by atoms with Gasteiger partial charge in [-0.1, -0.05) is 32.4 Å². The molecule has 0 atom stereocenters. The summed E-state index contributed by atoms with van der Waals surface area (Å²) in [4.78, 5) is 13.1. The van der Waals surface area contributed by atoms with Crippen molar-refractivity contribution in [2.24, 2.45) is 0 Å². The standard InChI is InChI=1S/C27H30ClFN8OSi/c1-27(2,3)39(4,5)38-19-8-18(9-19)35-24-11-25(33-15-32-24)36-23-10-22-17(13-31-23)14-34-37(22)26-20(28)6-16(12-30)7-21(26)29/h6-7,10-11,13-15,18-19H,8-9H2,1-5H3,(H2,31,32,33,35,36)/t18-,19-. The van der Waals surface area contributed by atoms with Crippen LogP contribution in [0.4, 0.5) is 21.8 Å². The van der Waals surface area contributed by atoms with Crippen molar-refractivity contribution in [2.75, 3.05) is 10.6 Å². The van der Waals surface area contributed by atoms with Crippen LogP contribution in [0.1, 0.15) is 39.2 Å². The Morgan fingerprint density at radius 2 is 1.79 bits per heavy atom. The number of halogens is 2. The maximum absolute atomic E-state index is 14.8. The monoisotopic (exact) mass is 564 g/mol. The molecule has 2 N–H and O–H groups in total. The van der Waals surface area contributed by atoms with Crippen molar-refractivity contribution in [1.29, 1.82) is 5.26 Å². The van der Waals surface area contributed by atoms with Gasteiger partial charge in [0.2, 0.25) is 0 Å². The molecule has 1 aliphatic rings. The number of aromatic nitrogens is 5. The largest absolute Gasteiger partial charge is 0.414 e. The highest BCUT2D eigenvalue weighted by Crippen LogP contribution is 2.40. The van der Waals surface area contributed by atoms with Gasteiger partial charge in [0.1, 0.15) is 29.5 Å². The first-order chi connectivity index (χ1) is 18.4. The molecule has 1 fully saturated rings. The molecule has 1 saturated carbocycles. The zero-order valence-electron chi connectivity index (χ0n) is 22.5. The second kappa shape index (κ2) is 10.2. The molecule has 202 valence electrons. The second-order valence-corrected chi connectivity index (χ2v) is 16.5. The fraction of sp³-hybridized carbons (Fsp3) is 0.370. The van der Waals surface area contributed by atoms with Crippen LogP contribution in [0, 0.1) is 17.1 Å². The Labute approximate surface area is 232 Å². The molecular formula is C27H30ClFN8OSi. The van der Waals surface area contributed by atoms with E-state index in [9.17, 15) is 4.39 Å². The number of pyridine rings is 1. The summed E-state index contributed by atoms with van der Waals surface area (Å²) in [6.07, 6.45) is 6.85. The maximum atomic E-state index is 14.8.